The van der Waals surface area contributed by atoms with Crippen LogP contribution in [-0.2, 0) is 14.3 Å². The molecule has 0 bridgehead atoms. The number of methoxy groups -OCH3 is 1. The monoisotopic (exact) mass is 351 g/mol. The zero-order chi connectivity index (χ0) is 17.3. The molecule has 128 valence electrons. The van der Waals surface area contributed by atoms with Crippen LogP contribution in [0, 0.1) is 5.92 Å². The van der Waals surface area contributed by atoms with Gasteiger partial charge in [0.2, 0.25) is 5.91 Å². The van der Waals surface area contributed by atoms with Crippen LogP contribution < -0.4 is 10.5 Å². The molecule has 1 fully saturated rings. The van der Waals surface area contributed by atoms with Gasteiger partial charge in [0.15, 0.2) is 5.58 Å². The second kappa shape index (κ2) is 6.74. The van der Waals surface area contributed by atoms with Crippen LogP contribution >= 0.6 is 11.3 Å². The van der Waals surface area contributed by atoms with E-state index in [0.29, 0.717) is 41.3 Å². The highest BCUT2D eigenvalue weighted by Crippen LogP contribution is 2.33. The quantitative estimate of drug-likeness (QED) is 0.787. The van der Waals surface area contributed by atoms with E-state index < -0.39 is 11.6 Å². The highest BCUT2D eigenvalue weighted by molar-refractivity contribution is 7.22. The van der Waals surface area contributed by atoms with Crippen molar-refractivity contribution in [2.24, 2.45) is 5.92 Å². The Labute approximate surface area is 141 Å². The van der Waals surface area contributed by atoms with Crippen LogP contribution in [0.5, 0.6) is 0 Å². The van der Waals surface area contributed by atoms with Gasteiger partial charge in [0.05, 0.1) is 11.8 Å². The maximum atomic E-state index is 12.6. The largest absolute Gasteiger partial charge is 0.465 e. The summed E-state index contributed by atoms with van der Waals surface area (Å²) in [6.45, 7) is 1.18. The number of thiophene rings is 1. The van der Waals surface area contributed by atoms with E-state index in [9.17, 15) is 14.4 Å². The second-order valence-electron chi connectivity index (χ2n) is 5.54. The molecular formula is C16H17NO6S. The zero-order valence-corrected chi connectivity index (χ0v) is 14.2. The highest BCUT2D eigenvalue weighted by Gasteiger charge is 2.26. The van der Waals surface area contributed by atoms with Crippen LogP contribution in [0.4, 0.5) is 5.00 Å². The van der Waals surface area contributed by atoms with E-state index >= 15 is 0 Å². The Morgan fingerprint density at radius 3 is 2.67 bits per heavy atom. The standard InChI is InChI=1S/C16H17NO6S/c1-17(14(18)9-3-5-22-6-4-9)13-8-11-12(24-13)7-10(15(19)21-2)16(20)23-11/h7-9H,3-6H2,1-2H3. The van der Waals surface area contributed by atoms with Crippen LogP contribution in [0.25, 0.3) is 10.3 Å². The minimum atomic E-state index is -0.753. The predicted molar refractivity (Wildman–Crippen MR) is 88.7 cm³/mol. The minimum absolute atomic E-state index is 0.0143. The van der Waals surface area contributed by atoms with Gasteiger partial charge in [0.1, 0.15) is 10.6 Å². The lowest BCUT2D eigenvalue weighted by molar-refractivity contribution is -0.124. The number of carbonyl (C=O) groups is 2. The average molecular weight is 351 g/mol. The van der Waals surface area contributed by atoms with E-state index in [2.05, 4.69) is 4.74 Å². The van der Waals surface area contributed by atoms with E-state index in [1.165, 1.54) is 24.5 Å². The summed E-state index contributed by atoms with van der Waals surface area (Å²) in [6, 6.07) is 3.08. The minimum Gasteiger partial charge on any atom is -0.465 e. The van der Waals surface area contributed by atoms with Gasteiger partial charge in [0, 0.05) is 32.2 Å². The van der Waals surface area contributed by atoms with Gasteiger partial charge in [-0.15, -0.1) is 11.3 Å². The third-order valence-electron chi connectivity index (χ3n) is 4.05. The maximum Gasteiger partial charge on any atom is 0.351 e. The SMILES string of the molecule is COC(=O)c1cc2sc(N(C)C(=O)C3CCOCC3)cc2oc1=O. The number of anilines is 1. The first-order chi connectivity index (χ1) is 11.5. The van der Waals surface area contributed by atoms with Crippen LogP contribution in [0.2, 0.25) is 0 Å². The number of hydrogen-bond donors (Lipinski definition) is 0. The summed E-state index contributed by atoms with van der Waals surface area (Å²) >= 11 is 1.28. The number of fused-ring (bicyclic) bond motifs is 1. The van der Waals surface area contributed by atoms with E-state index in [4.69, 9.17) is 9.15 Å². The lowest BCUT2D eigenvalue weighted by Gasteiger charge is -2.25. The fraction of sp³-hybridized carbons (Fsp3) is 0.438. The maximum absolute atomic E-state index is 12.6. The molecule has 1 saturated heterocycles. The summed E-state index contributed by atoms with van der Waals surface area (Å²) in [5.74, 6) is -0.792. The van der Waals surface area contributed by atoms with Crippen LogP contribution in [0.15, 0.2) is 21.3 Å². The summed E-state index contributed by atoms with van der Waals surface area (Å²) in [5, 5.41) is 0.659. The summed E-state index contributed by atoms with van der Waals surface area (Å²) < 4.78 is 15.6. The number of carbonyl (C=O) groups excluding carboxylic acids is 2. The molecular weight excluding hydrogens is 334 g/mol. The van der Waals surface area contributed by atoms with Crippen LogP contribution in [0.1, 0.15) is 23.2 Å². The molecule has 1 aliphatic rings. The topological polar surface area (TPSA) is 86.1 Å². The molecule has 0 spiro atoms. The first-order valence-electron chi connectivity index (χ1n) is 7.52. The number of nitrogens with zero attached hydrogens (tertiary/aromatic N) is 1. The summed E-state index contributed by atoms with van der Waals surface area (Å²) in [4.78, 5) is 37.6. The molecule has 0 saturated carbocycles. The number of rotatable bonds is 3. The molecule has 3 rings (SSSR count). The normalized spacial score (nSPS) is 15.4. The van der Waals surface area contributed by atoms with Gasteiger partial charge in [-0.05, 0) is 18.9 Å². The molecule has 2 aromatic heterocycles. The van der Waals surface area contributed by atoms with Gasteiger partial charge >= 0.3 is 11.6 Å². The Hall–Kier alpha value is -2.19. The molecule has 0 radical (unpaired) electrons. The van der Waals surface area contributed by atoms with Crippen molar-refractivity contribution in [1.82, 2.24) is 0 Å². The lowest BCUT2D eigenvalue weighted by atomic mass is 9.99. The van der Waals surface area contributed by atoms with Crippen molar-refractivity contribution < 1.29 is 23.5 Å². The van der Waals surface area contributed by atoms with Crippen molar-refractivity contribution in [2.75, 3.05) is 32.3 Å². The van der Waals surface area contributed by atoms with Crippen molar-refractivity contribution in [3.05, 3.63) is 28.1 Å². The van der Waals surface area contributed by atoms with E-state index in [-0.39, 0.29) is 17.4 Å². The van der Waals surface area contributed by atoms with Crippen LogP contribution in [0.3, 0.4) is 0 Å². The Bertz CT molecular complexity index is 833. The fourth-order valence-electron chi connectivity index (χ4n) is 2.65. The molecule has 0 unspecified atom stereocenters. The van der Waals surface area contributed by atoms with Crippen molar-refractivity contribution >= 4 is 38.5 Å². The first kappa shape index (κ1) is 16.7. The molecule has 2 aromatic rings. The molecule has 3 heterocycles. The number of amides is 1. The van der Waals surface area contributed by atoms with Crippen molar-refractivity contribution in [3.63, 3.8) is 0 Å². The summed E-state index contributed by atoms with van der Waals surface area (Å²) in [6.07, 6.45) is 1.41. The summed E-state index contributed by atoms with van der Waals surface area (Å²) in [7, 11) is 2.90. The molecule has 7 nitrogen and oxygen atoms in total. The van der Waals surface area contributed by atoms with Crippen LogP contribution in [-0.4, -0.2) is 39.2 Å². The van der Waals surface area contributed by atoms with E-state index in [1.54, 1.807) is 18.0 Å². The van der Waals surface area contributed by atoms with E-state index in [1.807, 2.05) is 0 Å². The molecule has 1 aliphatic heterocycles. The van der Waals surface area contributed by atoms with Crippen molar-refractivity contribution in [3.8, 4) is 0 Å². The van der Waals surface area contributed by atoms with Crippen molar-refractivity contribution in [1.29, 1.82) is 0 Å². The molecule has 24 heavy (non-hydrogen) atoms. The van der Waals surface area contributed by atoms with Gasteiger partial charge in [-0.1, -0.05) is 0 Å². The van der Waals surface area contributed by atoms with Gasteiger partial charge in [-0.25, -0.2) is 9.59 Å². The molecule has 1 amide bonds. The van der Waals surface area contributed by atoms with Gasteiger partial charge in [-0.2, -0.15) is 0 Å². The molecule has 0 N–H and O–H groups in total. The third-order valence-corrected chi connectivity index (χ3v) is 5.19. The van der Waals surface area contributed by atoms with Gasteiger partial charge in [-0.3, -0.25) is 4.79 Å². The number of esters is 1. The van der Waals surface area contributed by atoms with E-state index in [0.717, 1.165) is 0 Å². The van der Waals surface area contributed by atoms with Gasteiger partial charge in [0.25, 0.3) is 0 Å². The van der Waals surface area contributed by atoms with Crippen molar-refractivity contribution in [2.45, 2.75) is 12.8 Å². The Morgan fingerprint density at radius 2 is 2.00 bits per heavy atom. The molecule has 0 aliphatic carbocycles. The fourth-order valence-corrected chi connectivity index (χ4v) is 3.64. The number of ether oxygens (including phenoxy) is 2. The lowest BCUT2D eigenvalue weighted by Crippen LogP contribution is -2.35. The number of hydrogen-bond acceptors (Lipinski definition) is 7. The van der Waals surface area contributed by atoms with Gasteiger partial charge < -0.3 is 18.8 Å². The Kier molecular flexibility index (Phi) is 4.68. The highest BCUT2D eigenvalue weighted by atomic mass is 32.1. The predicted octanol–water partition coefficient (Wildman–Crippen LogP) is 2.03. The first-order valence-corrected chi connectivity index (χ1v) is 8.34. The zero-order valence-electron chi connectivity index (χ0n) is 13.4. The molecule has 0 atom stereocenters. The molecule has 8 heteroatoms. The summed E-state index contributed by atoms with van der Waals surface area (Å²) in [5.41, 5.74) is -0.562. The second-order valence-corrected chi connectivity index (χ2v) is 6.60. The Balaban J connectivity index is 1.91. The average Bonchev–Trinajstić information content (AvgIpc) is 3.02. The Morgan fingerprint density at radius 1 is 1.29 bits per heavy atom. The molecule has 0 aromatic carbocycles. The smallest absolute Gasteiger partial charge is 0.351 e. The third kappa shape index (κ3) is 3.07.